The second kappa shape index (κ2) is 13.4. The van der Waals surface area contributed by atoms with Crippen molar-refractivity contribution in [2.45, 2.75) is 27.7 Å². The normalized spacial score (nSPS) is 11.6. The molecule has 0 bridgehead atoms. The third-order valence-electron chi connectivity index (χ3n) is 11.7. The van der Waals surface area contributed by atoms with Crippen molar-refractivity contribution in [2.75, 3.05) is 0 Å². The Hall–Kier alpha value is -7.29. The lowest BCUT2D eigenvalue weighted by Crippen LogP contribution is -2.06. The van der Waals surface area contributed by atoms with E-state index < -0.39 is 11.6 Å². The van der Waals surface area contributed by atoms with Crippen molar-refractivity contribution < 1.29 is 8.78 Å². The third-order valence-corrected chi connectivity index (χ3v) is 11.7. The fourth-order valence-electron chi connectivity index (χ4n) is 9.07. The molecule has 0 aliphatic carbocycles. The molecule has 3 nitrogen and oxygen atoms in total. The molecular weight excluding hydrogens is 717 g/mol. The molecule has 0 amide bonds. The van der Waals surface area contributed by atoms with Gasteiger partial charge in [0.2, 0.25) is 0 Å². The lowest BCUT2D eigenvalue weighted by atomic mass is 9.97. The maximum Gasteiger partial charge on any atom is 0.133 e. The maximum atomic E-state index is 16.0. The van der Waals surface area contributed by atoms with Crippen LogP contribution in [-0.4, -0.2) is 9.13 Å². The molecule has 0 aliphatic heterocycles. The molecule has 0 fully saturated rings. The largest absolute Gasteiger partial charge is 0.308 e. The number of nitriles is 1. The molecular formula is C53H37F2N3. The zero-order valence-corrected chi connectivity index (χ0v) is 32.5. The molecule has 0 N–H and O–H groups in total. The van der Waals surface area contributed by atoms with Gasteiger partial charge >= 0.3 is 0 Å². The molecule has 0 radical (unpaired) electrons. The van der Waals surface area contributed by atoms with Gasteiger partial charge in [0.05, 0.1) is 39.0 Å². The minimum Gasteiger partial charge on any atom is -0.308 e. The van der Waals surface area contributed by atoms with Gasteiger partial charge in [0.15, 0.2) is 0 Å². The molecule has 0 atom stereocenters. The van der Waals surface area contributed by atoms with E-state index in [1.54, 1.807) is 12.1 Å². The van der Waals surface area contributed by atoms with E-state index in [0.717, 1.165) is 77.0 Å². The summed E-state index contributed by atoms with van der Waals surface area (Å²) in [6, 6.07) is 52.1. The second-order valence-electron chi connectivity index (χ2n) is 15.4. The van der Waals surface area contributed by atoms with Gasteiger partial charge in [0, 0.05) is 21.5 Å². The summed E-state index contributed by atoms with van der Waals surface area (Å²) in [5, 5.41) is 15.4. The van der Waals surface area contributed by atoms with Crippen molar-refractivity contribution >= 4 is 43.6 Å². The van der Waals surface area contributed by atoms with Crippen molar-refractivity contribution in [1.82, 2.24) is 9.13 Å². The van der Waals surface area contributed by atoms with Crippen LogP contribution in [0.5, 0.6) is 0 Å². The van der Waals surface area contributed by atoms with Gasteiger partial charge in [0.25, 0.3) is 0 Å². The molecule has 10 rings (SSSR count). The standard InChI is InChI=1S/C53H37F2N3/c1-31-16-20-38(33(3)24-31)35-18-22-42-40-10-5-7-14-47(40)57(49(42)26-35)51-28-37(53-45(54)12-9-13-46(53)55)29-52(44(51)30-56)58-48-15-8-6-11-41(48)43-23-19-36(27-50(43)58)39-21-17-32(2)25-34(39)4/h5-29H,1-4H3. The fourth-order valence-corrected chi connectivity index (χ4v) is 9.07. The Kier molecular flexibility index (Phi) is 8.14. The van der Waals surface area contributed by atoms with E-state index in [1.807, 2.05) is 36.4 Å². The highest BCUT2D eigenvalue weighted by molar-refractivity contribution is 6.12. The van der Waals surface area contributed by atoms with E-state index in [0.29, 0.717) is 22.5 Å². The van der Waals surface area contributed by atoms with Gasteiger partial charge < -0.3 is 9.13 Å². The van der Waals surface area contributed by atoms with Gasteiger partial charge in [-0.3, -0.25) is 0 Å². The Labute approximate surface area is 335 Å². The molecule has 10 aromatic rings. The van der Waals surface area contributed by atoms with E-state index in [1.165, 1.54) is 29.3 Å². The molecule has 2 aromatic heterocycles. The number of aryl methyl sites for hydroxylation is 4. The number of aromatic nitrogens is 2. The van der Waals surface area contributed by atoms with Crippen LogP contribution in [0.3, 0.4) is 0 Å². The van der Waals surface area contributed by atoms with E-state index >= 15 is 8.78 Å². The van der Waals surface area contributed by atoms with Crippen LogP contribution in [0.15, 0.2) is 152 Å². The van der Waals surface area contributed by atoms with Crippen LogP contribution in [0, 0.1) is 50.7 Å². The summed E-state index contributed by atoms with van der Waals surface area (Å²) < 4.78 is 36.1. The minimum absolute atomic E-state index is 0.150. The highest BCUT2D eigenvalue weighted by Crippen LogP contribution is 2.43. The highest BCUT2D eigenvalue weighted by Gasteiger charge is 2.25. The van der Waals surface area contributed by atoms with Gasteiger partial charge in [-0.05, 0) is 115 Å². The molecule has 58 heavy (non-hydrogen) atoms. The van der Waals surface area contributed by atoms with Gasteiger partial charge in [-0.15, -0.1) is 0 Å². The van der Waals surface area contributed by atoms with Gasteiger partial charge in [-0.25, -0.2) is 8.78 Å². The summed E-state index contributed by atoms with van der Waals surface area (Å²) in [5.41, 5.74) is 14.1. The molecule has 0 spiro atoms. The molecule has 2 heterocycles. The van der Waals surface area contributed by atoms with E-state index in [-0.39, 0.29) is 5.56 Å². The Bertz CT molecular complexity index is 3160. The number of hydrogen-bond donors (Lipinski definition) is 0. The third kappa shape index (κ3) is 5.44. The Morgan fingerprint density at radius 3 is 1.33 bits per heavy atom. The Balaban J connectivity index is 1.35. The summed E-state index contributed by atoms with van der Waals surface area (Å²) in [6.45, 7) is 8.41. The highest BCUT2D eigenvalue weighted by atomic mass is 19.1. The number of rotatable bonds is 5. The van der Waals surface area contributed by atoms with Gasteiger partial charge in [0.1, 0.15) is 23.3 Å². The molecule has 278 valence electrons. The molecule has 8 aromatic carbocycles. The quantitative estimate of drug-likeness (QED) is 0.172. The van der Waals surface area contributed by atoms with Crippen molar-refractivity contribution in [3.05, 3.63) is 191 Å². The van der Waals surface area contributed by atoms with Crippen LogP contribution in [0.25, 0.3) is 88.4 Å². The van der Waals surface area contributed by atoms with Crippen molar-refractivity contribution in [2.24, 2.45) is 0 Å². The van der Waals surface area contributed by atoms with Crippen LogP contribution in [-0.2, 0) is 0 Å². The number of hydrogen-bond acceptors (Lipinski definition) is 1. The summed E-state index contributed by atoms with van der Waals surface area (Å²) in [4.78, 5) is 0. The van der Waals surface area contributed by atoms with Crippen LogP contribution in [0.2, 0.25) is 0 Å². The first-order chi connectivity index (χ1) is 28.2. The van der Waals surface area contributed by atoms with E-state index in [9.17, 15) is 5.26 Å². The molecule has 0 aliphatic rings. The number of nitrogens with zero attached hydrogens (tertiary/aromatic N) is 3. The van der Waals surface area contributed by atoms with Crippen LogP contribution in [0.1, 0.15) is 27.8 Å². The second-order valence-corrected chi connectivity index (χ2v) is 15.4. The van der Waals surface area contributed by atoms with Crippen LogP contribution < -0.4 is 0 Å². The average Bonchev–Trinajstić information content (AvgIpc) is 3.72. The first-order valence-corrected chi connectivity index (χ1v) is 19.4. The van der Waals surface area contributed by atoms with Crippen molar-refractivity contribution in [3.8, 4) is 50.8 Å². The van der Waals surface area contributed by atoms with Crippen LogP contribution >= 0.6 is 0 Å². The average molecular weight is 754 g/mol. The molecule has 5 heteroatoms. The molecule has 0 saturated heterocycles. The number of halogens is 2. The monoisotopic (exact) mass is 753 g/mol. The zero-order chi connectivity index (χ0) is 39.8. The lowest BCUT2D eigenvalue weighted by Gasteiger charge is -2.19. The first kappa shape index (κ1) is 35.1. The first-order valence-electron chi connectivity index (χ1n) is 19.4. The SMILES string of the molecule is Cc1ccc(-c2ccc3c4ccccc4n(-c4cc(-c5c(F)cccc5F)cc(-n5c6ccccc6c6ccc(-c7ccc(C)cc7C)cc65)c4C#N)c3c2)c(C)c1. The topological polar surface area (TPSA) is 33.6 Å². The smallest absolute Gasteiger partial charge is 0.133 e. The fraction of sp³-hybridized carbons (Fsp3) is 0.0755. The minimum atomic E-state index is -0.680. The van der Waals surface area contributed by atoms with E-state index in [2.05, 4.69) is 128 Å². The Morgan fingerprint density at radius 1 is 0.431 bits per heavy atom. The predicted octanol–water partition coefficient (Wildman–Crippen LogP) is 14.3. The predicted molar refractivity (Wildman–Crippen MR) is 235 cm³/mol. The van der Waals surface area contributed by atoms with Crippen molar-refractivity contribution in [1.29, 1.82) is 5.26 Å². The maximum absolute atomic E-state index is 16.0. The molecule has 0 unspecified atom stereocenters. The van der Waals surface area contributed by atoms with E-state index in [4.69, 9.17) is 0 Å². The zero-order valence-electron chi connectivity index (χ0n) is 32.5. The lowest BCUT2D eigenvalue weighted by molar-refractivity contribution is 0.589. The van der Waals surface area contributed by atoms with Gasteiger partial charge in [-0.2, -0.15) is 5.26 Å². The molecule has 0 saturated carbocycles. The van der Waals surface area contributed by atoms with Crippen LogP contribution in [0.4, 0.5) is 8.78 Å². The van der Waals surface area contributed by atoms with Gasteiger partial charge in [-0.1, -0.05) is 114 Å². The number of fused-ring (bicyclic) bond motifs is 6. The summed E-state index contributed by atoms with van der Waals surface area (Å²) in [6.07, 6.45) is 0. The summed E-state index contributed by atoms with van der Waals surface area (Å²) in [5.74, 6) is -1.36. The Morgan fingerprint density at radius 2 is 0.879 bits per heavy atom. The summed E-state index contributed by atoms with van der Waals surface area (Å²) in [7, 11) is 0. The summed E-state index contributed by atoms with van der Waals surface area (Å²) >= 11 is 0. The number of para-hydroxylation sites is 2. The number of benzene rings is 8. The van der Waals surface area contributed by atoms with Crippen molar-refractivity contribution in [3.63, 3.8) is 0 Å².